The Labute approximate surface area is 200 Å². The monoisotopic (exact) mass is 480 g/mol. The average molecular weight is 481 g/mol. The van der Waals surface area contributed by atoms with Crippen LogP contribution in [0.5, 0.6) is 17.2 Å². The van der Waals surface area contributed by atoms with Gasteiger partial charge >= 0.3 is 0 Å². The number of phenols is 1. The molecular weight excluding hydrogens is 456 g/mol. The first kappa shape index (κ1) is 23.5. The van der Waals surface area contributed by atoms with E-state index in [1.807, 2.05) is 38.1 Å². The Hall–Kier alpha value is -3.69. The molecule has 0 saturated heterocycles. The van der Waals surface area contributed by atoms with Crippen molar-refractivity contribution in [2.24, 2.45) is 0 Å². The molecule has 9 heteroatoms. The van der Waals surface area contributed by atoms with Gasteiger partial charge in [0.05, 0.1) is 14.2 Å². The standard InChI is InChI=1S/C25H24N2O6S/c1-5-32-24(15-6-8-16(9-7-15)25-27-26-14(2)34-25)23(29)19-11-10-18(33-19)17-12-20(30-3)22(28)21(13-17)31-4/h6-13,24,28H,5H2,1-4H3. The normalized spacial score (nSPS) is 11.9. The van der Waals surface area contributed by atoms with Crippen LogP contribution >= 0.6 is 11.3 Å². The highest BCUT2D eigenvalue weighted by molar-refractivity contribution is 7.14. The highest BCUT2D eigenvalue weighted by Gasteiger charge is 2.26. The van der Waals surface area contributed by atoms with Gasteiger partial charge in [0.1, 0.15) is 21.9 Å². The van der Waals surface area contributed by atoms with Crippen LogP contribution in [-0.2, 0) is 4.74 Å². The highest BCUT2D eigenvalue weighted by atomic mass is 32.1. The lowest BCUT2D eigenvalue weighted by Gasteiger charge is -2.15. The number of phenolic OH excluding ortho intramolecular Hbond substituents is 1. The third kappa shape index (κ3) is 4.66. The molecule has 0 amide bonds. The first-order chi connectivity index (χ1) is 16.4. The van der Waals surface area contributed by atoms with Gasteiger partial charge in [0.2, 0.25) is 11.5 Å². The largest absolute Gasteiger partial charge is 0.502 e. The van der Waals surface area contributed by atoms with Gasteiger partial charge in [-0.1, -0.05) is 35.6 Å². The summed E-state index contributed by atoms with van der Waals surface area (Å²) in [5, 5.41) is 20.1. The average Bonchev–Trinajstić information content (AvgIpc) is 3.52. The summed E-state index contributed by atoms with van der Waals surface area (Å²) in [6.45, 7) is 4.09. The Morgan fingerprint density at radius 3 is 2.26 bits per heavy atom. The first-order valence-corrected chi connectivity index (χ1v) is 11.4. The summed E-state index contributed by atoms with van der Waals surface area (Å²) in [4.78, 5) is 13.3. The Morgan fingerprint density at radius 2 is 1.71 bits per heavy atom. The van der Waals surface area contributed by atoms with Gasteiger partial charge in [-0.05, 0) is 43.7 Å². The van der Waals surface area contributed by atoms with E-state index in [1.165, 1.54) is 25.6 Å². The number of ketones is 1. The summed E-state index contributed by atoms with van der Waals surface area (Å²) in [7, 11) is 2.89. The number of Topliss-reactive ketones (excluding diaryl/α,β-unsaturated/α-hetero) is 1. The molecule has 0 saturated carbocycles. The van der Waals surface area contributed by atoms with Crippen molar-refractivity contribution in [1.29, 1.82) is 0 Å². The van der Waals surface area contributed by atoms with Gasteiger partial charge in [0, 0.05) is 17.7 Å². The second kappa shape index (κ2) is 10.1. The SMILES string of the molecule is CCOC(C(=O)c1ccc(-c2cc(OC)c(O)c(OC)c2)o1)c1ccc(-c2nnc(C)s2)cc1. The fraction of sp³-hybridized carbons (Fsp3) is 0.240. The lowest BCUT2D eigenvalue weighted by Crippen LogP contribution is -2.16. The smallest absolute Gasteiger partial charge is 0.231 e. The van der Waals surface area contributed by atoms with E-state index in [1.54, 1.807) is 24.3 Å². The highest BCUT2D eigenvalue weighted by Crippen LogP contribution is 2.41. The summed E-state index contributed by atoms with van der Waals surface area (Å²) in [5.41, 5.74) is 2.23. The third-order valence-electron chi connectivity index (χ3n) is 5.17. The van der Waals surface area contributed by atoms with E-state index in [0.717, 1.165) is 15.6 Å². The summed E-state index contributed by atoms with van der Waals surface area (Å²) >= 11 is 1.51. The molecule has 0 aliphatic rings. The van der Waals surface area contributed by atoms with Gasteiger partial charge in [-0.2, -0.15) is 0 Å². The number of carbonyl (C=O) groups is 1. The minimum atomic E-state index is -0.821. The van der Waals surface area contributed by atoms with Crippen LogP contribution in [0.25, 0.3) is 21.9 Å². The predicted molar refractivity (Wildman–Crippen MR) is 128 cm³/mol. The van der Waals surface area contributed by atoms with E-state index in [2.05, 4.69) is 10.2 Å². The molecule has 0 aliphatic carbocycles. The van der Waals surface area contributed by atoms with Gasteiger partial charge in [-0.3, -0.25) is 4.79 Å². The van der Waals surface area contributed by atoms with E-state index in [0.29, 0.717) is 23.5 Å². The number of carbonyl (C=O) groups excluding carboxylic acids is 1. The van der Waals surface area contributed by atoms with Crippen LogP contribution in [0.1, 0.15) is 34.2 Å². The topological polar surface area (TPSA) is 104 Å². The van der Waals surface area contributed by atoms with Gasteiger partial charge in [-0.25, -0.2) is 0 Å². The maximum Gasteiger partial charge on any atom is 0.231 e. The summed E-state index contributed by atoms with van der Waals surface area (Å²) in [5.74, 6) is 0.638. The fourth-order valence-corrected chi connectivity index (χ4v) is 4.19. The van der Waals surface area contributed by atoms with Crippen LogP contribution in [0.3, 0.4) is 0 Å². The molecule has 1 atom stereocenters. The Bertz CT molecular complexity index is 1270. The molecule has 4 rings (SSSR count). The van der Waals surface area contributed by atoms with Crippen molar-refractivity contribution in [2.75, 3.05) is 20.8 Å². The fourth-order valence-electron chi connectivity index (χ4n) is 3.49. The molecule has 0 spiro atoms. The van der Waals surface area contributed by atoms with Crippen molar-refractivity contribution in [3.63, 3.8) is 0 Å². The van der Waals surface area contributed by atoms with Crippen LogP contribution in [0.2, 0.25) is 0 Å². The third-order valence-corrected chi connectivity index (χ3v) is 6.06. The van der Waals surface area contributed by atoms with Gasteiger partial charge < -0.3 is 23.7 Å². The van der Waals surface area contributed by atoms with Crippen LogP contribution in [0.15, 0.2) is 52.9 Å². The molecule has 2 aromatic carbocycles. The lowest BCUT2D eigenvalue weighted by atomic mass is 10.0. The number of aryl methyl sites for hydroxylation is 1. The summed E-state index contributed by atoms with van der Waals surface area (Å²) < 4.78 is 22.1. The van der Waals surface area contributed by atoms with Crippen molar-refractivity contribution >= 4 is 17.1 Å². The number of hydrogen-bond acceptors (Lipinski definition) is 9. The second-order valence-electron chi connectivity index (χ2n) is 7.34. The van der Waals surface area contributed by atoms with E-state index < -0.39 is 6.10 Å². The number of methoxy groups -OCH3 is 2. The maximum absolute atomic E-state index is 13.3. The number of benzene rings is 2. The lowest BCUT2D eigenvalue weighted by molar-refractivity contribution is 0.0429. The van der Waals surface area contributed by atoms with Gasteiger partial charge in [-0.15, -0.1) is 10.2 Å². The van der Waals surface area contributed by atoms with E-state index >= 15 is 0 Å². The Balaban J connectivity index is 1.61. The van der Waals surface area contributed by atoms with Crippen molar-refractivity contribution in [2.45, 2.75) is 20.0 Å². The van der Waals surface area contributed by atoms with Crippen LogP contribution in [0, 0.1) is 6.92 Å². The number of aromatic hydroxyl groups is 1. The van der Waals surface area contributed by atoms with Crippen molar-refractivity contribution < 1.29 is 28.5 Å². The van der Waals surface area contributed by atoms with E-state index in [9.17, 15) is 9.90 Å². The number of nitrogens with zero attached hydrogens (tertiary/aromatic N) is 2. The molecular formula is C25H24N2O6S. The van der Waals surface area contributed by atoms with Crippen LogP contribution < -0.4 is 9.47 Å². The minimum absolute atomic E-state index is 0.111. The van der Waals surface area contributed by atoms with Gasteiger partial charge in [0.15, 0.2) is 17.3 Å². The molecule has 1 unspecified atom stereocenters. The van der Waals surface area contributed by atoms with Crippen LogP contribution in [0.4, 0.5) is 0 Å². The molecule has 0 fully saturated rings. The van der Waals surface area contributed by atoms with Gasteiger partial charge in [0.25, 0.3) is 0 Å². The zero-order valence-corrected chi connectivity index (χ0v) is 20.0. The molecule has 1 N–H and O–H groups in total. The zero-order valence-electron chi connectivity index (χ0n) is 19.2. The van der Waals surface area contributed by atoms with E-state index in [4.69, 9.17) is 18.6 Å². The minimum Gasteiger partial charge on any atom is -0.502 e. The van der Waals surface area contributed by atoms with Crippen molar-refractivity contribution in [1.82, 2.24) is 10.2 Å². The molecule has 8 nitrogen and oxygen atoms in total. The molecule has 176 valence electrons. The first-order valence-electron chi connectivity index (χ1n) is 10.6. The second-order valence-corrected chi connectivity index (χ2v) is 8.52. The number of furan rings is 1. The number of ether oxygens (including phenoxy) is 3. The molecule has 34 heavy (non-hydrogen) atoms. The van der Waals surface area contributed by atoms with E-state index in [-0.39, 0.29) is 28.8 Å². The number of rotatable bonds is 9. The molecule has 0 bridgehead atoms. The Kier molecular flexibility index (Phi) is 6.95. The molecule has 0 aliphatic heterocycles. The van der Waals surface area contributed by atoms with Crippen molar-refractivity contribution in [3.8, 4) is 39.1 Å². The number of hydrogen-bond donors (Lipinski definition) is 1. The van der Waals surface area contributed by atoms with Crippen LogP contribution in [-0.4, -0.2) is 41.9 Å². The number of aromatic nitrogens is 2. The molecule has 4 aromatic rings. The molecule has 2 aromatic heterocycles. The predicted octanol–water partition coefficient (Wildman–Crippen LogP) is 5.46. The summed E-state index contributed by atoms with van der Waals surface area (Å²) in [6, 6.07) is 14.0. The molecule has 2 heterocycles. The molecule has 0 radical (unpaired) electrons. The Morgan fingerprint density at radius 1 is 1.03 bits per heavy atom. The van der Waals surface area contributed by atoms with Crippen molar-refractivity contribution in [3.05, 3.63) is 64.9 Å². The zero-order chi connectivity index (χ0) is 24.2. The maximum atomic E-state index is 13.3. The quantitative estimate of drug-likeness (QED) is 0.315. The summed E-state index contributed by atoms with van der Waals surface area (Å²) in [6.07, 6.45) is -0.821.